The Morgan fingerprint density at radius 1 is 1.07 bits per heavy atom. The van der Waals surface area contributed by atoms with Crippen LogP contribution in [0.2, 0.25) is 0 Å². The highest BCUT2D eigenvalue weighted by Crippen LogP contribution is 2.19. The van der Waals surface area contributed by atoms with E-state index in [2.05, 4.69) is 0 Å². The van der Waals surface area contributed by atoms with E-state index in [-0.39, 0.29) is 12.4 Å². The Morgan fingerprint density at radius 3 is 2.66 bits per heavy atom. The Morgan fingerprint density at radius 2 is 1.86 bits per heavy atom. The highest BCUT2D eigenvalue weighted by Gasteiger charge is 2.13. The van der Waals surface area contributed by atoms with Crippen LogP contribution in [0.1, 0.15) is 5.56 Å². The number of rotatable bonds is 7. The Labute approximate surface area is 165 Å². The van der Waals surface area contributed by atoms with Crippen LogP contribution in [0.4, 0.5) is 4.39 Å². The van der Waals surface area contributed by atoms with Crippen LogP contribution in [0.25, 0.3) is 11.0 Å². The molecule has 0 aliphatic carbocycles. The highest BCUT2D eigenvalue weighted by atomic mass is 19.1. The Hall–Kier alpha value is -3.68. The number of benzene rings is 2. The predicted molar refractivity (Wildman–Crippen MR) is 102 cm³/mol. The van der Waals surface area contributed by atoms with Gasteiger partial charge in [-0.1, -0.05) is 12.1 Å². The van der Waals surface area contributed by atoms with Crippen LogP contribution in [0.3, 0.4) is 0 Å². The van der Waals surface area contributed by atoms with Crippen molar-refractivity contribution in [2.24, 2.45) is 0 Å². The van der Waals surface area contributed by atoms with E-state index in [1.165, 1.54) is 36.2 Å². The molecule has 7 nitrogen and oxygen atoms in total. The Bertz CT molecular complexity index is 1090. The van der Waals surface area contributed by atoms with Crippen LogP contribution in [0.5, 0.6) is 5.75 Å². The smallest absolute Gasteiger partial charge is 0.344 e. The van der Waals surface area contributed by atoms with Gasteiger partial charge in [-0.25, -0.2) is 14.0 Å². The standard InChI is InChI=1S/C21H18FNO6/c1-23(11-14-3-2-4-16(22)9-14)19(24)12-28-21(26)13-27-17-7-5-15-6-8-20(25)29-18(15)10-17/h2-10H,11-13H2,1H3. The van der Waals surface area contributed by atoms with Crippen molar-refractivity contribution in [3.63, 3.8) is 0 Å². The molecular formula is C21H18FNO6. The van der Waals surface area contributed by atoms with Gasteiger partial charge in [0.05, 0.1) is 0 Å². The number of carbonyl (C=O) groups is 2. The maximum absolute atomic E-state index is 13.2. The lowest BCUT2D eigenvalue weighted by Crippen LogP contribution is -2.31. The molecule has 3 rings (SSSR count). The molecule has 1 aromatic heterocycles. The largest absolute Gasteiger partial charge is 0.482 e. The number of carbonyl (C=O) groups excluding carboxylic acids is 2. The molecule has 29 heavy (non-hydrogen) atoms. The number of likely N-dealkylation sites (N-methyl/N-ethyl adjacent to an activating group) is 1. The molecule has 3 aromatic rings. The van der Waals surface area contributed by atoms with Crippen LogP contribution in [-0.2, 0) is 20.9 Å². The lowest BCUT2D eigenvalue weighted by atomic mass is 10.2. The molecule has 0 fully saturated rings. The average Bonchev–Trinajstić information content (AvgIpc) is 2.70. The van der Waals surface area contributed by atoms with Gasteiger partial charge in [0.25, 0.3) is 5.91 Å². The summed E-state index contributed by atoms with van der Waals surface area (Å²) in [5.41, 5.74) is 0.464. The van der Waals surface area contributed by atoms with Gasteiger partial charge in [0.15, 0.2) is 13.2 Å². The number of hydrogen-bond donors (Lipinski definition) is 0. The quantitative estimate of drug-likeness (QED) is 0.448. The minimum atomic E-state index is -0.730. The zero-order valence-electron chi connectivity index (χ0n) is 15.6. The van der Waals surface area contributed by atoms with Gasteiger partial charge in [-0.05, 0) is 35.9 Å². The number of fused-ring (bicyclic) bond motifs is 1. The van der Waals surface area contributed by atoms with Crippen molar-refractivity contribution < 1.29 is 27.9 Å². The number of esters is 1. The van der Waals surface area contributed by atoms with Crippen LogP contribution in [0, 0.1) is 5.82 Å². The molecule has 0 radical (unpaired) electrons. The lowest BCUT2D eigenvalue weighted by Gasteiger charge is -2.17. The summed E-state index contributed by atoms with van der Waals surface area (Å²) in [6.45, 7) is -0.684. The second kappa shape index (κ2) is 9.01. The Balaban J connectivity index is 1.46. The number of hydrogen-bond acceptors (Lipinski definition) is 6. The summed E-state index contributed by atoms with van der Waals surface area (Å²) in [7, 11) is 1.53. The average molecular weight is 399 g/mol. The predicted octanol–water partition coefficient (Wildman–Crippen LogP) is 2.51. The van der Waals surface area contributed by atoms with Crippen molar-refractivity contribution in [3.05, 3.63) is 76.4 Å². The zero-order chi connectivity index (χ0) is 20.8. The molecule has 0 saturated carbocycles. The summed E-state index contributed by atoms with van der Waals surface area (Å²) in [5, 5.41) is 0.714. The van der Waals surface area contributed by atoms with E-state index in [9.17, 15) is 18.8 Å². The molecule has 0 atom stereocenters. The van der Waals surface area contributed by atoms with Crippen LogP contribution < -0.4 is 10.4 Å². The number of nitrogens with zero attached hydrogens (tertiary/aromatic N) is 1. The zero-order valence-corrected chi connectivity index (χ0v) is 15.6. The van der Waals surface area contributed by atoms with E-state index >= 15 is 0 Å². The third-order valence-electron chi connectivity index (χ3n) is 4.04. The van der Waals surface area contributed by atoms with Crippen LogP contribution >= 0.6 is 0 Å². The number of amides is 1. The van der Waals surface area contributed by atoms with Gasteiger partial charge in [-0.3, -0.25) is 4.79 Å². The second-order valence-corrected chi connectivity index (χ2v) is 6.28. The number of halogens is 1. The summed E-state index contributed by atoms with van der Waals surface area (Å²) >= 11 is 0. The van der Waals surface area contributed by atoms with Gasteiger partial charge in [0, 0.05) is 31.1 Å². The van der Waals surface area contributed by atoms with Gasteiger partial charge in [-0.15, -0.1) is 0 Å². The molecule has 0 saturated heterocycles. The third-order valence-corrected chi connectivity index (χ3v) is 4.04. The van der Waals surface area contributed by atoms with Gasteiger partial charge < -0.3 is 18.8 Å². The molecular weight excluding hydrogens is 381 g/mol. The molecule has 8 heteroatoms. The van der Waals surface area contributed by atoms with Crippen molar-refractivity contribution in [1.29, 1.82) is 0 Å². The first kappa shape index (κ1) is 20.1. The fourth-order valence-corrected chi connectivity index (χ4v) is 2.56. The van der Waals surface area contributed by atoms with Crippen molar-refractivity contribution in [3.8, 4) is 5.75 Å². The van der Waals surface area contributed by atoms with E-state index in [4.69, 9.17) is 13.9 Å². The van der Waals surface area contributed by atoms with Gasteiger partial charge in [0.2, 0.25) is 0 Å². The van der Waals surface area contributed by atoms with Gasteiger partial charge in [-0.2, -0.15) is 0 Å². The monoisotopic (exact) mass is 399 g/mol. The van der Waals surface area contributed by atoms with E-state index in [1.807, 2.05) is 0 Å². The molecule has 0 aliphatic rings. The van der Waals surface area contributed by atoms with Crippen molar-refractivity contribution in [2.45, 2.75) is 6.54 Å². The summed E-state index contributed by atoms with van der Waals surface area (Å²) in [6, 6.07) is 13.6. The van der Waals surface area contributed by atoms with Crippen LogP contribution in [-0.4, -0.2) is 37.0 Å². The first-order chi connectivity index (χ1) is 13.9. The van der Waals surface area contributed by atoms with Crippen LogP contribution in [0.15, 0.2) is 63.8 Å². The maximum atomic E-state index is 13.2. The summed E-state index contributed by atoms with van der Waals surface area (Å²) in [6.07, 6.45) is 0. The molecule has 0 unspecified atom stereocenters. The third kappa shape index (κ3) is 5.65. The molecule has 0 bridgehead atoms. The SMILES string of the molecule is CN(Cc1cccc(F)c1)C(=O)COC(=O)COc1ccc2ccc(=O)oc2c1. The summed E-state index contributed by atoms with van der Waals surface area (Å²) in [5.74, 6) is -1.24. The molecule has 150 valence electrons. The minimum absolute atomic E-state index is 0.187. The molecule has 2 aromatic carbocycles. The van der Waals surface area contributed by atoms with E-state index in [1.54, 1.807) is 30.3 Å². The van der Waals surface area contributed by atoms with Gasteiger partial charge in [0.1, 0.15) is 17.1 Å². The minimum Gasteiger partial charge on any atom is -0.482 e. The van der Waals surface area contributed by atoms with Crippen molar-refractivity contribution >= 4 is 22.8 Å². The summed E-state index contributed by atoms with van der Waals surface area (Å²) in [4.78, 5) is 36.5. The topological polar surface area (TPSA) is 86.0 Å². The molecule has 0 N–H and O–H groups in total. The van der Waals surface area contributed by atoms with Gasteiger partial charge >= 0.3 is 11.6 Å². The van der Waals surface area contributed by atoms with E-state index in [0.717, 1.165) is 0 Å². The molecule has 0 spiro atoms. The molecule has 1 amide bonds. The fraction of sp³-hybridized carbons (Fsp3) is 0.190. The first-order valence-electron chi connectivity index (χ1n) is 8.71. The fourth-order valence-electron chi connectivity index (χ4n) is 2.56. The lowest BCUT2D eigenvalue weighted by molar-refractivity contribution is -0.153. The summed E-state index contributed by atoms with van der Waals surface area (Å²) < 4.78 is 28.5. The first-order valence-corrected chi connectivity index (χ1v) is 8.71. The maximum Gasteiger partial charge on any atom is 0.344 e. The second-order valence-electron chi connectivity index (χ2n) is 6.28. The molecule has 1 heterocycles. The number of ether oxygens (including phenoxy) is 2. The molecule has 0 aliphatic heterocycles. The normalized spacial score (nSPS) is 10.6. The van der Waals surface area contributed by atoms with Crippen molar-refractivity contribution in [2.75, 3.05) is 20.3 Å². The Kier molecular flexibility index (Phi) is 6.23. The van der Waals surface area contributed by atoms with E-state index in [0.29, 0.717) is 22.3 Å². The van der Waals surface area contributed by atoms with E-state index < -0.39 is 30.7 Å². The highest BCUT2D eigenvalue weighted by molar-refractivity contribution is 5.81. The van der Waals surface area contributed by atoms with Crippen molar-refractivity contribution in [1.82, 2.24) is 4.90 Å².